The molecule has 1 amide bonds. The second kappa shape index (κ2) is 18.7. The number of fused-ring (bicyclic) bond motifs is 1. The number of likely N-dealkylation sites (N-methyl/N-ethyl adjacent to an activating group) is 1. The van der Waals surface area contributed by atoms with Crippen LogP contribution in [0.1, 0.15) is 93.9 Å². The Hall–Kier alpha value is -3.63. The molecule has 5 rings (SSSR count). The van der Waals surface area contributed by atoms with E-state index in [1.807, 2.05) is 77.2 Å². The largest absolute Gasteiger partial charge is 0.458 e. The van der Waals surface area contributed by atoms with Crippen molar-refractivity contribution >= 4 is 23.5 Å². The second-order valence-electron chi connectivity index (χ2n) is 17.8. The number of carbonyl (C=O) groups is 3. The fraction of sp³-hybridized carbons (Fsp3) is 0.744. The Morgan fingerprint density at radius 3 is 2.41 bits per heavy atom. The van der Waals surface area contributed by atoms with Gasteiger partial charge in [0.1, 0.15) is 23.8 Å². The van der Waals surface area contributed by atoms with E-state index in [0.717, 1.165) is 17.7 Å². The van der Waals surface area contributed by atoms with Crippen LogP contribution in [0.2, 0.25) is 0 Å². The van der Waals surface area contributed by atoms with Gasteiger partial charge in [0.15, 0.2) is 17.7 Å². The number of amides is 1. The van der Waals surface area contributed by atoms with Gasteiger partial charge in [-0.25, -0.2) is 4.79 Å². The molecule has 3 fully saturated rings. The first-order valence-electron chi connectivity index (χ1n) is 21.0. The van der Waals surface area contributed by atoms with Crippen molar-refractivity contribution in [1.29, 1.82) is 0 Å². The number of nitrogens with zero attached hydrogens (tertiary/aromatic N) is 5. The fourth-order valence-electron chi connectivity index (χ4n) is 9.83. The molecule has 0 bridgehead atoms. The minimum Gasteiger partial charge on any atom is -0.458 e. The molecule has 1 aromatic heterocycles. The molecule has 0 radical (unpaired) electrons. The number of rotatable bonds is 11. The van der Waals surface area contributed by atoms with Crippen molar-refractivity contribution in [2.45, 2.75) is 154 Å². The van der Waals surface area contributed by atoms with E-state index in [0.29, 0.717) is 50.9 Å². The van der Waals surface area contributed by atoms with Crippen LogP contribution in [0.4, 0.5) is 10.5 Å². The average Bonchev–Trinajstić information content (AvgIpc) is 3.75. The molecule has 0 spiro atoms. The predicted molar refractivity (Wildman–Crippen MR) is 218 cm³/mol. The number of aliphatic hydroxyl groups excluding tert-OH is 1. The molecule has 2 unspecified atom stereocenters. The minimum atomic E-state index is -1.18. The van der Waals surface area contributed by atoms with Gasteiger partial charge in [0.05, 0.1) is 30.0 Å². The number of hydrogen-bond acceptors (Lipinski definition) is 13. The Kier molecular flexibility index (Phi) is 14.7. The molecule has 3 saturated heterocycles. The molecule has 2 aromatic rings. The molecular weight excluding hydrogens is 745 g/mol. The number of carbonyl (C=O) groups excluding carboxylic acids is 3. The standard InChI is InChI=1S/C43H68N6O9/c1-12-34-43(8)37(49(41(53)58-43)19-14-13-18-48-24-32(45-46-48)30-16-15-17-31(44)22-30)26(3)20-25(2)23-42(7,54-11)38(28(5)35(50)29(6)39(52)56-34)57-40-36(51)33(47(9)10)21-27(4)55-40/h15-17,22,24-29,33-34,36-38,40,51H,12-14,18-21,23,44H2,1-11H3/t25-,26+,27-,28+,29-,33?,34-,36?,37-,38-,40+,42-,43-/m1/s1. The summed E-state index contributed by atoms with van der Waals surface area (Å²) in [6.45, 7) is 16.2. The molecule has 15 nitrogen and oxygen atoms in total. The van der Waals surface area contributed by atoms with Crippen LogP contribution in [0, 0.1) is 23.7 Å². The number of anilines is 1. The lowest BCUT2D eigenvalue weighted by Gasteiger charge is -2.47. The van der Waals surface area contributed by atoms with Crippen LogP contribution < -0.4 is 5.73 Å². The maximum Gasteiger partial charge on any atom is 0.410 e. The summed E-state index contributed by atoms with van der Waals surface area (Å²) >= 11 is 0. The number of methoxy groups -OCH3 is 1. The number of ether oxygens (including phenoxy) is 5. The molecule has 13 atom stereocenters. The number of hydrogen-bond donors (Lipinski definition) is 2. The van der Waals surface area contributed by atoms with E-state index in [1.54, 1.807) is 30.5 Å². The van der Waals surface area contributed by atoms with Crippen molar-refractivity contribution in [3.63, 3.8) is 0 Å². The Morgan fingerprint density at radius 1 is 1.05 bits per heavy atom. The first-order valence-corrected chi connectivity index (χ1v) is 21.0. The predicted octanol–water partition coefficient (Wildman–Crippen LogP) is 5.33. The van der Waals surface area contributed by atoms with Crippen LogP contribution >= 0.6 is 0 Å². The lowest BCUT2D eigenvalue weighted by atomic mass is 9.74. The van der Waals surface area contributed by atoms with Crippen molar-refractivity contribution in [2.75, 3.05) is 33.5 Å². The second-order valence-corrected chi connectivity index (χ2v) is 17.8. The highest BCUT2D eigenvalue weighted by Gasteiger charge is 2.59. The molecule has 58 heavy (non-hydrogen) atoms. The van der Waals surface area contributed by atoms with Gasteiger partial charge in [0.2, 0.25) is 0 Å². The first-order chi connectivity index (χ1) is 27.3. The third-order valence-corrected chi connectivity index (χ3v) is 12.9. The van der Waals surface area contributed by atoms with Gasteiger partial charge in [-0.15, -0.1) is 5.10 Å². The van der Waals surface area contributed by atoms with Gasteiger partial charge in [-0.05, 0) is 104 Å². The van der Waals surface area contributed by atoms with Crippen molar-refractivity contribution in [3.8, 4) is 11.3 Å². The van der Waals surface area contributed by atoms with Crippen molar-refractivity contribution in [3.05, 3.63) is 30.5 Å². The first kappa shape index (κ1) is 45.5. The van der Waals surface area contributed by atoms with Gasteiger partial charge in [0.25, 0.3) is 0 Å². The maximum absolute atomic E-state index is 14.3. The molecule has 0 saturated carbocycles. The lowest BCUT2D eigenvalue weighted by molar-refractivity contribution is -0.295. The molecular formula is C43H68N6O9. The number of Topliss-reactive ketones (excluding diaryl/α,β-unsaturated/α-hetero) is 1. The number of ketones is 1. The fourth-order valence-corrected chi connectivity index (χ4v) is 9.83. The number of nitrogens with two attached hydrogens (primary N) is 1. The molecule has 15 heteroatoms. The van der Waals surface area contributed by atoms with E-state index in [-0.39, 0.29) is 29.8 Å². The van der Waals surface area contributed by atoms with Crippen LogP contribution in [0.15, 0.2) is 30.5 Å². The molecule has 324 valence electrons. The number of benzene rings is 1. The van der Waals surface area contributed by atoms with E-state index in [4.69, 9.17) is 29.4 Å². The van der Waals surface area contributed by atoms with Crippen LogP contribution in [-0.2, 0) is 39.8 Å². The highest BCUT2D eigenvalue weighted by Crippen LogP contribution is 2.44. The van der Waals surface area contributed by atoms with Crippen LogP contribution in [0.25, 0.3) is 11.3 Å². The lowest BCUT2D eigenvalue weighted by Crippen LogP contribution is -2.59. The molecule has 1 aromatic carbocycles. The number of unbranched alkanes of at least 4 members (excludes halogenated alkanes) is 1. The number of cyclic esters (lactones) is 1. The van der Waals surface area contributed by atoms with E-state index < -0.39 is 65.7 Å². The van der Waals surface area contributed by atoms with Gasteiger partial charge in [0, 0.05) is 43.4 Å². The zero-order valence-electron chi connectivity index (χ0n) is 36.4. The van der Waals surface area contributed by atoms with Crippen LogP contribution in [0.3, 0.4) is 0 Å². The zero-order valence-corrected chi connectivity index (χ0v) is 36.4. The third-order valence-electron chi connectivity index (χ3n) is 12.9. The monoisotopic (exact) mass is 813 g/mol. The van der Waals surface area contributed by atoms with Gasteiger partial charge in [-0.3, -0.25) is 14.3 Å². The molecule has 4 heterocycles. The van der Waals surface area contributed by atoms with Gasteiger partial charge < -0.3 is 44.3 Å². The summed E-state index contributed by atoms with van der Waals surface area (Å²) in [5, 5.41) is 20.1. The Labute approximate surface area is 344 Å². The van der Waals surface area contributed by atoms with Gasteiger partial charge >= 0.3 is 12.1 Å². The van der Waals surface area contributed by atoms with Crippen LogP contribution in [0.5, 0.6) is 0 Å². The summed E-state index contributed by atoms with van der Waals surface area (Å²) in [5.41, 5.74) is 6.02. The topological polar surface area (TPSA) is 181 Å². The number of aliphatic hydroxyl groups is 1. The maximum atomic E-state index is 14.3. The summed E-state index contributed by atoms with van der Waals surface area (Å²) in [6.07, 6.45) is 1.03. The molecule has 3 aliphatic rings. The molecule has 3 N–H and O–H groups in total. The SMILES string of the molecule is CC[C@H]1OC(=O)[C@H](C)C(=O)[C@H](C)[C@@H](O[C@@H]2O[C@H](C)CC(N(C)C)C2O)[C@](C)(OC)C[C@H](C)C[C@H](C)[C@H]2N(CCCCn3cc(-c4cccc(N)c4)nn3)C(=O)O[C@]12C. The quantitative estimate of drug-likeness (QED) is 0.129. The highest BCUT2D eigenvalue weighted by atomic mass is 16.7. The Balaban J connectivity index is 1.40. The number of aryl methyl sites for hydroxylation is 1. The minimum absolute atomic E-state index is 0.0188. The van der Waals surface area contributed by atoms with Crippen LogP contribution in [-0.4, -0.2) is 129 Å². The Bertz CT molecular complexity index is 1720. The number of aromatic nitrogens is 3. The smallest absolute Gasteiger partial charge is 0.410 e. The summed E-state index contributed by atoms with van der Waals surface area (Å²) < 4.78 is 33.4. The van der Waals surface area contributed by atoms with Gasteiger partial charge in [-0.2, -0.15) is 0 Å². The number of nitrogen functional groups attached to an aromatic ring is 1. The highest BCUT2D eigenvalue weighted by molar-refractivity contribution is 6.00. The van der Waals surface area contributed by atoms with E-state index in [1.165, 1.54) is 0 Å². The number of esters is 1. The van der Waals surface area contributed by atoms with Crippen molar-refractivity contribution < 1.29 is 43.2 Å². The normalized spacial score (nSPS) is 36.7. The van der Waals surface area contributed by atoms with E-state index in [9.17, 15) is 19.5 Å². The zero-order chi connectivity index (χ0) is 42.7. The Morgan fingerprint density at radius 2 is 1.76 bits per heavy atom. The van der Waals surface area contributed by atoms with E-state index >= 15 is 0 Å². The summed E-state index contributed by atoms with van der Waals surface area (Å²) in [4.78, 5) is 45.9. The summed E-state index contributed by atoms with van der Waals surface area (Å²) in [5.74, 6) is -3.16. The molecule has 0 aliphatic carbocycles. The summed E-state index contributed by atoms with van der Waals surface area (Å²) in [6, 6.07) is 6.84. The third kappa shape index (κ3) is 9.70. The molecule has 3 aliphatic heterocycles. The summed E-state index contributed by atoms with van der Waals surface area (Å²) in [7, 11) is 5.41. The average molecular weight is 813 g/mol. The van der Waals surface area contributed by atoms with Crippen molar-refractivity contribution in [1.82, 2.24) is 24.8 Å². The van der Waals surface area contributed by atoms with Crippen molar-refractivity contribution in [2.24, 2.45) is 23.7 Å². The van der Waals surface area contributed by atoms with Gasteiger partial charge in [-0.1, -0.05) is 45.0 Å². The van der Waals surface area contributed by atoms with E-state index in [2.05, 4.69) is 24.2 Å².